The molecule has 2 heterocycles. The Kier molecular flexibility index (Phi) is 6.69. The van der Waals surface area contributed by atoms with Crippen molar-refractivity contribution < 1.29 is 9.53 Å². The molecule has 1 aromatic rings. The van der Waals surface area contributed by atoms with Crippen LogP contribution in [0, 0.1) is 5.92 Å². The molecule has 3 rings (SSSR count). The van der Waals surface area contributed by atoms with Gasteiger partial charge in [-0.25, -0.2) is 4.79 Å². The molecule has 25 heavy (non-hydrogen) atoms. The minimum Gasteiger partial charge on any atom is -0.379 e. The van der Waals surface area contributed by atoms with Crippen LogP contribution in [0.4, 0.5) is 4.79 Å². The number of nitrogens with zero attached hydrogens (tertiary/aromatic N) is 3. The molecular weight excluding hydrogens is 318 g/mol. The molecule has 1 saturated carbocycles. The molecule has 0 aromatic carbocycles. The second-order valence-corrected chi connectivity index (χ2v) is 7.32. The molecular formula is C18H31N5O2. The first kappa shape index (κ1) is 18.2. The highest BCUT2D eigenvalue weighted by atomic mass is 16.5. The van der Waals surface area contributed by atoms with Crippen molar-refractivity contribution in [3.63, 3.8) is 0 Å². The fourth-order valence-corrected chi connectivity index (χ4v) is 3.85. The van der Waals surface area contributed by atoms with Crippen LogP contribution in [-0.2, 0) is 4.74 Å². The van der Waals surface area contributed by atoms with Crippen molar-refractivity contribution in [3.8, 4) is 0 Å². The number of ether oxygens (including phenoxy) is 1. The summed E-state index contributed by atoms with van der Waals surface area (Å²) in [4.78, 5) is 14.7. The van der Waals surface area contributed by atoms with Crippen LogP contribution in [0.15, 0.2) is 18.5 Å². The van der Waals surface area contributed by atoms with Crippen molar-refractivity contribution in [2.45, 2.75) is 44.7 Å². The zero-order valence-electron chi connectivity index (χ0n) is 15.2. The number of carbonyl (C=O) groups excluding carboxylic acids is 1. The summed E-state index contributed by atoms with van der Waals surface area (Å²) in [6.45, 7) is 7.50. The maximum atomic E-state index is 12.3. The van der Waals surface area contributed by atoms with Crippen molar-refractivity contribution >= 4 is 6.03 Å². The Morgan fingerprint density at radius 3 is 2.88 bits per heavy atom. The van der Waals surface area contributed by atoms with Crippen LogP contribution >= 0.6 is 0 Å². The van der Waals surface area contributed by atoms with Gasteiger partial charge >= 0.3 is 6.03 Å². The molecule has 1 aliphatic carbocycles. The topological polar surface area (TPSA) is 71.4 Å². The molecule has 2 amide bonds. The number of hydrogen-bond donors (Lipinski definition) is 2. The summed E-state index contributed by atoms with van der Waals surface area (Å²) in [7, 11) is 0. The summed E-state index contributed by atoms with van der Waals surface area (Å²) in [6, 6.07) is 2.31. The molecule has 7 heteroatoms. The number of rotatable bonds is 6. The van der Waals surface area contributed by atoms with Crippen molar-refractivity contribution in [2.24, 2.45) is 5.92 Å². The Hall–Kier alpha value is -1.60. The quantitative estimate of drug-likeness (QED) is 0.819. The van der Waals surface area contributed by atoms with E-state index in [4.69, 9.17) is 4.74 Å². The predicted octanol–water partition coefficient (Wildman–Crippen LogP) is 1.63. The van der Waals surface area contributed by atoms with Gasteiger partial charge in [-0.05, 0) is 24.8 Å². The molecule has 2 aliphatic rings. The lowest BCUT2D eigenvalue weighted by atomic mass is 9.90. The van der Waals surface area contributed by atoms with Gasteiger partial charge in [0.2, 0.25) is 0 Å². The number of aromatic nitrogens is 2. The first-order valence-electron chi connectivity index (χ1n) is 9.56. The van der Waals surface area contributed by atoms with Gasteiger partial charge in [0, 0.05) is 38.6 Å². The minimum absolute atomic E-state index is 0.0575. The molecule has 2 fully saturated rings. The van der Waals surface area contributed by atoms with Crippen LogP contribution in [0.1, 0.15) is 38.6 Å². The average Bonchev–Trinajstić information content (AvgIpc) is 3.16. The van der Waals surface area contributed by atoms with Gasteiger partial charge in [0.15, 0.2) is 0 Å². The third-order valence-electron chi connectivity index (χ3n) is 5.20. The molecule has 0 radical (unpaired) electrons. The van der Waals surface area contributed by atoms with Crippen LogP contribution < -0.4 is 10.6 Å². The third-order valence-corrected chi connectivity index (χ3v) is 5.20. The maximum Gasteiger partial charge on any atom is 0.315 e. The van der Waals surface area contributed by atoms with Crippen LogP contribution in [0.2, 0.25) is 0 Å². The van der Waals surface area contributed by atoms with Gasteiger partial charge in [-0.3, -0.25) is 9.58 Å². The molecule has 1 aliphatic heterocycles. The summed E-state index contributed by atoms with van der Waals surface area (Å²) in [5.41, 5.74) is 0. The molecule has 1 saturated heterocycles. The summed E-state index contributed by atoms with van der Waals surface area (Å²) >= 11 is 0. The van der Waals surface area contributed by atoms with Gasteiger partial charge in [0.25, 0.3) is 0 Å². The third kappa shape index (κ3) is 5.44. The highest BCUT2D eigenvalue weighted by molar-refractivity contribution is 5.74. The SMILES string of the molecule is CC(CNC(=O)NC1CCCCC1n1cccn1)CN1CCOCC1. The van der Waals surface area contributed by atoms with Gasteiger partial charge in [-0.2, -0.15) is 5.10 Å². The lowest BCUT2D eigenvalue weighted by molar-refractivity contribution is 0.0319. The van der Waals surface area contributed by atoms with Crippen molar-refractivity contribution in [2.75, 3.05) is 39.4 Å². The molecule has 7 nitrogen and oxygen atoms in total. The molecule has 1 aromatic heterocycles. The highest BCUT2D eigenvalue weighted by Gasteiger charge is 2.28. The van der Waals surface area contributed by atoms with Crippen LogP contribution in [-0.4, -0.2) is 66.1 Å². The number of urea groups is 1. The Morgan fingerprint density at radius 2 is 2.12 bits per heavy atom. The molecule has 0 spiro atoms. The van der Waals surface area contributed by atoms with Gasteiger partial charge in [0.1, 0.15) is 0 Å². The summed E-state index contributed by atoms with van der Waals surface area (Å²) in [5.74, 6) is 0.428. The van der Waals surface area contributed by atoms with E-state index in [2.05, 4.69) is 27.6 Å². The van der Waals surface area contributed by atoms with E-state index in [0.29, 0.717) is 12.5 Å². The standard InChI is InChI=1S/C18H31N5O2/c1-15(14-22-9-11-25-12-10-22)13-19-18(24)21-16-5-2-3-6-17(16)23-8-4-7-20-23/h4,7-8,15-17H,2-3,5-6,9-14H2,1H3,(H2,19,21,24). The molecule has 140 valence electrons. The molecule has 3 atom stereocenters. The van der Waals surface area contributed by atoms with Crippen molar-refractivity contribution in [3.05, 3.63) is 18.5 Å². The minimum atomic E-state index is -0.0575. The number of hydrogen-bond acceptors (Lipinski definition) is 4. The maximum absolute atomic E-state index is 12.3. The lowest BCUT2D eigenvalue weighted by Gasteiger charge is -2.32. The van der Waals surface area contributed by atoms with Crippen molar-refractivity contribution in [1.29, 1.82) is 0 Å². The monoisotopic (exact) mass is 349 g/mol. The molecule has 0 bridgehead atoms. The van der Waals surface area contributed by atoms with E-state index in [9.17, 15) is 4.79 Å². The summed E-state index contributed by atoms with van der Waals surface area (Å²) < 4.78 is 7.37. The van der Waals surface area contributed by atoms with E-state index >= 15 is 0 Å². The zero-order chi connectivity index (χ0) is 17.5. The fourth-order valence-electron chi connectivity index (χ4n) is 3.85. The van der Waals surface area contributed by atoms with E-state index in [1.54, 1.807) is 6.20 Å². The second-order valence-electron chi connectivity index (χ2n) is 7.32. The number of amides is 2. The first-order valence-corrected chi connectivity index (χ1v) is 9.56. The Bertz CT molecular complexity index is 516. The van der Waals surface area contributed by atoms with E-state index in [0.717, 1.165) is 52.1 Å². The number of carbonyl (C=O) groups is 1. The van der Waals surface area contributed by atoms with Crippen LogP contribution in [0.25, 0.3) is 0 Å². The number of morpholine rings is 1. The van der Waals surface area contributed by atoms with E-state index in [1.807, 2.05) is 16.9 Å². The van der Waals surface area contributed by atoms with Gasteiger partial charge < -0.3 is 15.4 Å². The average molecular weight is 349 g/mol. The first-order chi connectivity index (χ1) is 12.2. The van der Waals surface area contributed by atoms with E-state index < -0.39 is 0 Å². The van der Waals surface area contributed by atoms with Crippen LogP contribution in [0.5, 0.6) is 0 Å². The Labute approximate surface area is 150 Å². The Balaban J connectivity index is 1.41. The smallest absolute Gasteiger partial charge is 0.315 e. The lowest BCUT2D eigenvalue weighted by Crippen LogP contribution is -2.49. The van der Waals surface area contributed by atoms with E-state index in [-0.39, 0.29) is 18.1 Å². The van der Waals surface area contributed by atoms with Crippen molar-refractivity contribution in [1.82, 2.24) is 25.3 Å². The fraction of sp³-hybridized carbons (Fsp3) is 0.778. The predicted molar refractivity (Wildman–Crippen MR) is 96.5 cm³/mol. The highest BCUT2D eigenvalue weighted by Crippen LogP contribution is 2.27. The van der Waals surface area contributed by atoms with Gasteiger partial charge in [0.05, 0.1) is 25.3 Å². The van der Waals surface area contributed by atoms with Gasteiger partial charge in [-0.1, -0.05) is 19.8 Å². The summed E-state index contributed by atoms with van der Waals surface area (Å²) in [6.07, 6.45) is 8.24. The van der Waals surface area contributed by atoms with E-state index in [1.165, 1.54) is 6.42 Å². The van der Waals surface area contributed by atoms with Crippen LogP contribution in [0.3, 0.4) is 0 Å². The molecule has 2 N–H and O–H groups in total. The molecule has 3 unspecified atom stereocenters. The zero-order valence-corrected chi connectivity index (χ0v) is 15.2. The number of nitrogens with one attached hydrogen (secondary N) is 2. The second kappa shape index (κ2) is 9.20. The Morgan fingerprint density at radius 1 is 1.32 bits per heavy atom. The normalized spacial score (nSPS) is 26.1. The largest absolute Gasteiger partial charge is 0.379 e. The summed E-state index contributed by atoms with van der Waals surface area (Å²) in [5, 5.41) is 10.6. The van der Waals surface area contributed by atoms with Gasteiger partial charge in [-0.15, -0.1) is 0 Å².